The molecule has 1 saturated carbocycles. The van der Waals surface area contributed by atoms with Crippen LogP contribution in [0.15, 0.2) is 23.1 Å². The first kappa shape index (κ1) is 15.3. The van der Waals surface area contributed by atoms with Crippen molar-refractivity contribution in [3.05, 3.63) is 23.8 Å². The van der Waals surface area contributed by atoms with Crippen LogP contribution in [0.2, 0.25) is 0 Å². The van der Waals surface area contributed by atoms with Crippen LogP contribution in [0, 0.1) is 5.92 Å². The van der Waals surface area contributed by atoms with Gasteiger partial charge in [0.1, 0.15) is 5.75 Å². The Morgan fingerprint density at radius 2 is 2.15 bits per heavy atom. The second kappa shape index (κ2) is 6.56. The molecule has 0 unspecified atom stereocenters. The first-order chi connectivity index (χ1) is 9.56. The number of methoxy groups -OCH3 is 1. The number of hydrogen-bond acceptors (Lipinski definition) is 4. The molecule has 2 rings (SSSR count). The maximum absolute atomic E-state index is 12.2. The molecule has 0 bridgehead atoms. The predicted octanol–water partition coefficient (Wildman–Crippen LogP) is 1.62. The number of hydrogen-bond donors (Lipinski definition) is 2. The van der Waals surface area contributed by atoms with Gasteiger partial charge in [0, 0.05) is 18.7 Å². The standard InChI is InChI=1S/C14H22N2O3S/c1-19-14-7-6-13(9-12(14)10-15)20(17,18)16-8-2-3-11-4-5-11/h6-7,9,11,16H,2-5,8,10,15H2,1H3. The highest BCUT2D eigenvalue weighted by atomic mass is 32.2. The van der Waals surface area contributed by atoms with Gasteiger partial charge in [0.25, 0.3) is 0 Å². The summed E-state index contributed by atoms with van der Waals surface area (Å²) in [5.41, 5.74) is 6.29. The zero-order chi connectivity index (χ0) is 14.6. The normalized spacial score (nSPS) is 15.3. The third-order valence-corrected chi connectivity index (χ3v) is 5.02. The smallest absolute Gasteiger partial charge is 0.240 e. The van der Waals surface area contributed by atoms with Gasteiger partial charge in [-0.15, -0.1) is 0 Å². The van der Waals surface area contributed by atoms with Crippen LogP contribution in [0.25, 0.3) is 0 Å². The molecule has 0 spiro atoms. The molecule has 5 nitrogen and oxygen atoms in total. The Labute approximate surface area is 120 Å². The number of ether oxygens (including phenoxy) is 1. The second-order valence-electron chi connectivity index (χ2n) is 5.16. The number of rotatable bonds is 8. The van der Waals surface area contributed by atoms with Gasteiger partial charge in [0.15, 0.2) is 0 Å². The molecule has 112 valence electrons. The Hall–Kier alpha value is -1.11. The fourth-order valence-electron chi connectivity index (χ4n) is 2.17. The minimum atomic E-state index is -3.46. The number of sulfonamides is 1. The molecule has 0 radical (unpaired) electrons. The van der Waals surface area contributed by atoms with Crippen LogP contribution in [0.5, 0.6) is 5.75 Å². The number of benzene rings is 1. The highest BCUT2D eigenvalue weighted by molar-refractivity contribution is 7.89. The van der Waals surface area contributed by atoms with E-state index in [2.05, 4.69) is 4.72 Å². The largest absolute Gasteiger partial charge is 0.496 e. The summed E-state index contributed by atoms with van der Waals surface area (Å²) < 4.78 is 32.1. The molecule has 0 aliphatic heterocycles. The third kappa shape index (κ3) is 3.94. The molecule has 0 aromatic heterocycles. The van der Waals surface area contributed by atoms with Crippen molar-refractivity contribution < 1.29 is 13.2 Å². The molecule has 1 aliphatic carbocycles. The first-order valence-corrected chi connectivity index (χ1v) is 8.42. The van der Waals surface area contributed by atoms with E-state index in [1.807, 2.05) is 0 Å². The van der Waals surface area contributed by atoms with Crippen LogP contribution < -0.4 is 15.2 Å². The Bertz CT molecular complexity index is 554. The molecule has 0 amide bonds. The Morgan fingerprint density at radius 3 is 2.75 bits per heavy atom. The summed E-state index contributed by atoms with van der Waals surface area (Å²) in [6, 6.07) is 4.75. The van der Waals surface area contributed by atoms with Crippen LogP contribution in [0.3, 0.4) is 0 Å². The molecule has 1 aromatic rings. The van der Waals surface area contributed by atoms with Crippen molar-refractivity contribution in [3.8, 4) is 5.75 Å². The lowest BCUT2D eigenvalue weighted by atomic mass is 10.2. The van der Waals surface area contributed by atoms with Crippen molar-refractivity contribution in [2.45, 2.75) is 37.1 Å². The van der Waals surface area contributed by atoms with E-state index in [0.717, 1.165) is 18.8 Å². The molecule has 0 atom stereocenters. The number of nitrogens with two attached hydrogens (primary N) is 1. The fraction of sp³-hybridized carbons (Fsp3) is 0.571. The van der Waals surface area contributed by atoms with Gasteiger partial charge in [-0.1, -0.05) is 12.8 Å². The zero-order valence-electron chi connectivity index (χ0n) is 11.8. The molecular formula is C14H22N2O3S. The zero-order valence-corrected chi connectivity index (χ0v) is 12.6. The van der Waals surface area contributed by atoms with E-state index in [4.69, 9.17) is 10.5 Å². The van der Waals surface area contributed by atoms with E-state index in [0.29, 0.717) is 17.9 Å². The van der Waals surface area contributed by atoms with Crippen molar-refractivity contribution >= 4 is 10.0 Å². The van der Waals surface area contributed by atoms with Crippen molar-refractivity contribution in [2.75, 3.05) is 13.7 Å². The lowest BCUT2D eigenvalue weighted by Crippen LogP contribution is -2.25. The lowest BCUT2D eigenvalue weighted by Gasteiger charge is -2.10. The average Bonchev–Trinajstić information content (AvgIpc) is 3.27. The number of nitrogens with one attached hydrogen (secondary N) is 1. The SMILES string of the molecule is COc1ccc(S(=O)(=O)NCCCC2CC2)cc1CN. The van der Waals surface area contributed by atoms with Crippen molar-refractivity contribution in [1.29, 1.82) is 0 Å². The second-order valence-corrected chi connectivity index (χ2v) is 6.93. The van der Waals surface area contributed by atoms with E-state index < -0.39 is 10.0 Å². The summed E-state index contributed by atoms with van der Waals surface area (Å²) in [6.07, 6.45) is 4.60. The minimum absolute atomic E-state index is 0.241. The summed E-state index contributed by atoms with van der Waals surface area (Å²) in [4.78, 5) is 0.241. The van der Waals surface area contributed by atoms with Crippen molar-refractivity contribution in [1.82, 2.24) is 4.72 Å². The maximum atomic E-state index is 12.2. The minimum Gasteiger partial charge on any atom is -0.496 e. The average molecular weight is 298 g/mol. The molecule has 1 aliphatic rings. The van der Waals surface area contributed by atoms with Crippen LogP contribution in [-0.2, 0) is 16.6 Å². The predicted molar refractivity (Wildman–Crippen MR) is 78.0 cm³/mol. The van der Waals surface area contributed by atoms with Gasteiger partial charge in [-0.05, 0) is 37.0 Å². The van der Waals surface area contributed by atoms with E-state index in [1.165, 1.54) is 12.8 Å². The molecule has 0 saturated heterocycles. The van der Waals surface area contributed by atoms with Gasteiger partial charge < -0.3 is 10.5 Å². The van der Waals surface area contributed by atoms with E-state index in [9.17, 15) is 8.42 Å². The highest BCUT2D eigenvalue weighted by Crippen LogP contribution is 2.33. The van der Waals surface area contributed by atoms with Crippen molar-refractivity contribution in [3.63, 3.8) is 0 Å². The molecule has 6 heteroatoms. The van der Waals surface area contributed by atoms with Crippen LogP contribution in [0.1, 0.15) is 31.2 Å². The Balaban J connectivity index is 1.99. The Kier molecular flexibility index (Phi) is 5.01. The van der Waals surface area contributed by atoms with Crippen LogP contribution >= 0.6 is 0 Å². The van der Waals surface area contributed by atoms with E-state index in [-0.39, 0.29) is 11.4 Å². The van der Waals surface area contributed by atoms with E-state index >= 15 is 0 Å². The van der Waals surface area contributed by atoms with E-state index in [1.54, 1.807) is 25.3 Å². The highest BCUT2D eigenvalue weighted by Gasteiger charge is 2.21. The first-order valence-electron chi connectivity index (χ1n) is 6.93. The van der Waals surface area contributed by atoms with Gasteiger partial charge in [-0.25, -0.2) is 13.1 Å². The summed E-state index contributed by atoms with van der Waals surface area (Å²) in [6.45, 7) is 0.733. The van der Waals surface area contributed by atoms with Crippen molar-refractivity contribution in [2.24, 2.45) is 11.7 Å². The molecule has 3 N–H and O–H groups in total. The molecule has 1 fully saturated rings. The third-order valence-electron chi connectivity index (χ3n) is 3.56. The fourth-order valence-corrected chi connectivity index (χ4v) is 3.29. The van der Waals surface area contributed by atoms with Crippen LogP contribution in [0.4, 0.5) is 0 Å². The summed E-state index contributed by atoms with van der Waals surface area (Å²) in [5, 5.41) is 0. The topological polar surface area (TPSA) is 81.4 Å². The Morgan fingerprint density at radius 1 is 1.40 bits per heavy atom. The van der Waals surface area contributed by atoms with Gasteiger partial charge in [-0.2, -0.15) is 0 Å². The lowest BCUT2D eigenvalue weighted by molar-refractivity contribution is 0.409. The molecule has 1 aromatic carbocycles. The maximum Gasteiger partial charge on any atom is 0.240 e. The van der Waals surface area contributed by atoms with Gasteiger partial charge in [0.2, 0.25) is 10.0 Å². The summed E-state index contributed by atoms with van der Waals surface area (Å²) >= 11 is 0. The van der Waals surface area contributed by atoms with Crippen LogP contribution in [-0.4, -0.2) is 22.1 Å². The summed E-state index contributed by atoms with van der Waals surface area (Å²) in [5.74, 6) is 1.43. The van der Waals surface area contributed by atoms with Gasteiger partial charge >= 0.3 is 0 Å². The van der Waals surface area contributed by atoms with Gasteiger partial charge in [0.05, 0.1) is 12.0 Å². The summed E-state index contributed by atoms with van der Waals surface area (Å²) in [7, 11) is -1.92. The monoisotopic (exact) mass is 298 g/mol. The molecule has 0 heterocycles. The molecule has 20 heavy (non-hydrogen) atoms. The quantitative estimate of drug-likeness (QED) is 0.715. The molecular weight excluding hydrogens is 276 g/mol. The van der Waals surface area contributed by atoms with Gasteiger partial charge in [-0.3, -0.25) is 0 Å².